The Hall–Kier alpha value is -2.25. The highest BCUT2D eigenvalue weighted by molar-refractivity contribution is 7.89. The van der Waals surface area contributed by atoms with Gasteiger partial charge in [0.15, 0.2) is 0 Å². The molecule has 0 saturated carbocycles. The summed E-state index contributed by atoms with van der Waals surface area (Å²) in [4.78, 5) is 16.7. The number of rotatable bonds is 9. The van der Waals surface area contributed by atoms with E-state index in [9.17, 15) is 13.2 Å². The Morgan fingerprint density at radius 2 is 1.77 bits per heavy atom. The first kappa shape index (κ1) is 22.4. The van der Waals surface area contributed by atoms with Gasteiger partial charge in [-0.3, -0.25) is 9.78 Å². The number of nitrogens with zero attached hydrogens (tertiary/aromatic N) is 2. The molecule has 0 spiro atoms. The van der Waals surface area contributed by atoms with Crippen LogP contribution in [0.3, 0.4) is 0 Å². The number of piperidine rings is 1. The molecule has 6 nitrogen and oxygen atoms in total. The molecular weight excluding hydrogens is 400 g/mol. The van der Waals surface area contributed by atoms with Crippen LogP contribution in [0.4, 0.5) is 0 Å². The summed E-state index contributed by atoms with van der Waals surface area (Å²) in [6.45, 7) is 3.52. The number of hydrogen-bond donors (Lipinski definition) is 0. The molecule has 1 aliphatic heterocycles. The second kappa shape index (κ2) is 10.7. The van der Waals surface area contributed by atoms with E-state index in [2.05, 4.69) is 4.98 Å². The van der Waals surface area contributed by atoms with Gasteiger partial charge < -0.3 is 4.74 Å². The average Bonchev–Trinajstić information content (AvgIpc) is 2.76. The lowest BCUT2D eigenvalue weighted by Gasteiger charge is -2.25. The molecule has 0 atom stereocenters. The Balaban J connectivity index is 1.40. The SMILES string of the molecule is Cc1cccc(CCCOC(=O)CCc2ccc(S(=O)(=O)N3CCCCC3)cc2)n1. The Bertz CT molecular complexity index is 936. The number of sulfonamides is 1. The minimum Gasteiger partial charge on any atom is -0.466 e. The van der Waals surface area contributed by atoms with Crippen molar-refractivity contribution in [1.29, 1.82) is 0 Å². The lowest BCUT2D eigenvalue weighted by molar-refractivity contribution is -0.143. The minimum absolute atomic E-state index is 0.239. The van der Waals surface area contributed by atoms with E-state index < -0.39 is 10.0 Å². The van der Waals surface area contributed by atoms with Crippen molar-refractivity contribution in [3.8, 4) is 0 Å². The third-order valence-corrected chi connectivity index (χ3v) is 7.19. The second-order valence-corrected chi connectivity index (χ2v) is 9.64. The Labute approximate surface area is 179 Å². The summed E-state index contributed by atoms with van der Waals surface area (Å²) in [7, 11) is -3.41. The van der Waals surface area contributed by atoms with E-state index in [1.807, 2.05) is 25.1 Å². The number of pyridine rings is 1. The topological polar surface area (TPSA) is 76.6 Å². The largest absolute Gasteiger partial charge is 0.466 e. The standard InChI is InChI=1S/C23H30N2O4S/c1-19-7-5-8-21(24-19)9-6-18-29-23(26)15-12-20-10-13-22(14-11-20)30(27,28)25-16-3-2-4-17-25/h5,7-8,10-11,13-14H,2-4,6,9,12,15-18H2,1H3. The molecule has 0 radical (unpaired) electrons. The number of carbonyl (C=O) groups is 1. The maximum Gasteiger partial charge on any atom is 0.306 e. The zero-order valence-corrected chi connectivity index (χ0v) is 18.4. The normalized spacial score (nSPS) is 15.1. The first-order valence-electron chi connectivity index (χ1n) is 10.6. The van der Waals surface area contributed by atoms with Crippen LogP contribution in [0.5, 0.6) is 0 Å². The number of carbonyl (C=O) groups excluding carboxylic acids is 1. The van der Waals surface area contributed by atoms with E-state index in [1.54, 1.807) is 28.6 Å². The molecule has 0 N–H and O–H groups in total. The van der Waals surface area contributed by atoms with Crippen LogP contribution in [-0.4, -0.2) is 43.4 Å². The highest BCUT2D eigenvalue weighted by atomic mass is 32.2. The van der Waals surface area contributed by atoms with E-state index in [1.165, 1.54) is 0 Å². The number of aromatic nitrogens is 1. The Morgan fingerprint density at radius 3 is 2.47 bits per heavy atom. The molecule has 0 unspecified atom stereocenters. The fourth-order valence-electron chi connectivity index (χ4n) is 3.58. The molecule has 2 heterocycles. The average molecular weight is 431 g/mol. The molecule has 30 heavy (non-hydrogen) atoms. The van der Waals surface area contributed by atoms with Crippen LogP contribution in [0.1, 0.15) is 49.1 Å². The van der Waals surface area contributed by atoms with Gasteiger partial charge in [-0.25, -0.2) is 8.42 Å². The van der Waals surface area contributed by atoms with Gasteiger partial charge in [-0.15, -0.1) is 0 Å². The maximum atomic E-state index is 12.7. The van der Waals surface area contributed by atoms with Crippen molar-refractivity contribution in [2.75, 3.05) is 19.7 Å². The van der Waals surface area contributed by atoms with E-state index in [0.717, 1.165) is 49.1 Å². The van der Waals surface area contributed by atoms with E-state index in [0.29, 0.717) is 31.0 Å². The van der Waals surface area contributed by atoms with Crippen molar-refractivity contribution >= 4 is 16.0 Å². The monoisotopic (exact) mass is 430 g/mol. The van der Waals surface area contributed by atoms with Crippen LogP contribution in [0.25, 0.3) is 0 Å². The predicted octanol–water partition coefficient (Wildman–Crippen LogP) is 3.67. The van der Waals surface area contributed by atoms with Crippen LogP contribution in [-0.2, 0) is 32.4 Å². The van der Waals surface area contributed by atoms with Crippen molar-refractivity contribution in [2.24, 2.45) is 0 Å². The number of hydrogen-bond acceptors (Lipinski definition) is 5. The van der Waals surface area contributed by atoms with Gasteiger partial charge in [0.25, 0.3) is 0 Å². The van der Waals surface area contributed by atoms with E-state index in [-0.39, 0.29) is 12.4 Å². The minimum atomic E-state index is -3.41. The van der Waals surface area contributed by atoms with Gasteiger partial charge in [0.05, 0.1) is 11.5 Å². The Kier molecular flexibility index (Phi) is 7.99. The van der Waals surface area contributed by atoms with Crippen LogP contribution in [0, 0.1) is 6.92 Å². The van der Waals surface area contributed by atoms with Gasteiger partial charge in [-0.05, 0) is 68.9 Å². The van der Waals surface area contributed by atoms with Gasteiger partial charge >= 0.3 is 5.97 Å². The van der Waals surface area contributed by atoms with E-state index in [4.69, 9.17) is 4.74 Å². The summed E-state index contributed by atoms with van der Waals surface area (Å²) in [6, 6.07) is 12.8. The quantitative estimate of drug-likeness (QED) is 0.448. The summed E-state index contributed by atoms with van der Waals surface area (Å²) in [6.07, 6.45) is 5.25. The molecule has 0 aliphatic carbocycles. The lowest BCUT2D eigenvalue weighted by atomic mass is 10.1. The van der Waals surface area contributed by atoms with Crippen molar-refractivity contribution in [3.63, 3.8) is 0 Å². The van der Waals surface area contributed by atoms with Crippen molar-refractivity contribution < 1.29 is 17.9 Å². The van der Waals surface area contributed by atoms with E-state index >= 15 is 0 Å². The molecule has 1 saturated heterocycles. The first-order valence-corrected chi connectivity index (χ1v) is 12.1. The molecule has 162 valence electrons. The molecule has 0 bridgehead atoms. The molecule has 7 heteroatoms. The van der Waals surface area contributed by atoms with Crippen molar-refractivity contribution in [3.05, 3.63) is 59.4 Å². The summed E-state index contributed by atoms with van der Waals surface area (Å²) in [5, 5.41) is 0. The maximum absolute atomic E-state index is 12.7. The number of ether oxygens (including phenoxy) is 1. The fraction of sp³-hybridized carbons (Fsp3) is 0.478. The number of benzene rings is 1. The predicted molar refractivity (Wildman–Crippen MR) is 116 cm³/mol. The molecule has 1 fully saturated rings. The van der Waals surface area contributed by atoms with Crippen LogP contribution in [0.15, 0.2) is 47.4 Å². The summed E-state index contributed by atoms with van der Waals surface area (Å²) in [5.74, 6) is -0.239. The van der Waals surface area contributed by atoms with Gasteiger partial charge in [0.2, 0.25) is 10.0 Å². The highest BCUT2D eigenvalue weighted by Gasteiger charge is 2.25. The number of aryl methyl sites for hydroxylation is 3. The second-order valence-electron chi connectivity index (χ2n) is 7.70. The summed E-state index contributed by atoms with van der Waals surface area (Å²) in [5.41, 5.74) is 2.92. The Morgan fingerprint density at radius 1 is 1.03 bits per heavy atom. The van der Waals surface area contributed by atoms with Crippen LogP contribution < -0.4 is 0 Å². The number of esters is 1. The smallest absolute Gasteiger partial charge is 0.306 e. The molecule has 1 aromatic carbocycles. The van der Waals surface area contributed by atoms with Crippen molar-refractivity contribution in [1.82, 2.24) is 9.29 Å². The third kappa shape index (κ3) is 6.37. The van der Waals surface area contributed by atoms with Crippen LogP contribution in [0.2, 0.25) is 0 Å². The summed E-state index contributed by atoms with van der Waals surface area (Å²) >= 11 is 0. The summed E-state index contributed by atoms with van der Waals surface area (Å²) < 4.78 is 32.2. The molecule has 2 aromatic rings. The van der Waals surface area contributed by atoms with Gasteiger partial charge in [0.1, 0.15) is 0 Å². The zero-order chi connectivity index (χ0) is 21.4. The molecule has 1 aliphatic rings. The fourth-order valence-corrected chi connectivity index (χ4v) is 5.10. The third-order valence-electron chi connectivity index (χ3n) is 5.28. The van der Waals surface area contributed by atoms with Crippen LogP contribution >= 0.6 is 0 Å². The molecule has 1 aromatic heterocycles. The first-order chi connectivity index (χ1) is 14.4. The van der Waals surface area contributed by atoms with Gasteiger partial charge in [-0.1, -0.05) is 24.6 Å². The molecular formula is C23H30N2O4S. The lowest BCUT2D eigenvalue weighted by Crippen LogP contribution is -2.35. The highest BCUT2D eigenvalue weighted by Crippen LogP contribution is 2.21. The molecule has 3 rings (SSSR count). The molecule has 0 amide bonds. The van der Waals surface area contributed by atoms with Gasteiger partial charge in [-0.2, -0.15) is 4.31 Å². The zero-order valence-electron chi connectivity index (χ0n) is 17.5. The van der Waals surface area contributed by atoms with Crippen molar-refractivity contribution in [2.45, 2.75) is 56.8 Å². The van der Waals surface area contributed by atoms with Gasteiger partial charge in [0, 0.05) is 30.9 Å².